The molecule has 0 amide bonds. The van der Waals surface area contributed by atoms with Crippen LogP contribution in [0.5, 0.6) is 0 Å². The van der Waals surface area contributed by atoms with Gasteiger partial charge in [0.1, 0.15) is 6.61 Å². The Hall–Kier alpha value is -1.18. The zero-order valence-corrected chi connectivity index (χ0v) is 13.4. The van der Waals surface area contributed by atoms with E-state index < -0.39 is 0 Å². The summed E-state index contributed by atoms with van der Waals surface area (Å²) in [5.41, 5.74) is 0.889. The van der Waals surface area contributed by atoms with E-state index in [1.807, 2.05) is 6.92 Å². The van der Waals surface area contributed by atoms with E-state index in [-0.39, 0.29) is 17.3 Å². The molecule has 0 bridgehead atoms. The van der Waals surface area contributed by atoms with Gasteiger partial charge in [-0.3, -0.25) is 14.5 Å². The number of esters is 1. The Morgan fingerprint density at radius 3 is 3.00 bits per heavy atom. The van der Waals surface area contributed by atoms with E-state index in [0.717, 1.165) is 43.3 Å². The summed E-state index contributed by atoms with van der Waals surface area (Å²) < 4.78 is 12.2. The van der Waals surface area contributed by atoms with Crippen molar-refractivity contribution in [1.29, 1.82) is 0 Å². The van der Waals surface area contributed by atoms with Crippen LogP contribution in [0.25, 0.3) is 0 Å². The van der Waals surface area contributed by atoms with Gasteiger partial charge in [0.15, 0.2) is 0 Å². The van der Waals surface area contributed by atoms with E-state index in [4.69, 9.17) is 9.47 Å². The summed E-state index contributed by atoms with van der Waals surface area (Å²) in [5.74, 6) is -0.256. The van der Waals surface area contributed by atoms with Gasteiger partial charge >= 0.3 is 10.8 Å². The summed E-state index contributed by atoms with van der Waals surface area (Å²) in [6.07, 6.45) is 0.232. The zero-order chi connectivity index (χ0) is 15.2. The maximum Gasteiger partial charge on any atom is 0.307 e. The first-order chi connectivity index (χ1) is 10.1. The predicted octanol–water partition coefficient (Wildman–Crippen LogP) is 0.872. The van der Waals surface area contributed by atoms with Crippen molar-refractivity contribution in [2.75, 3.05) is 32.9 Å². The summed E-state index contributed by atoms with van der Waals surface area (Å²) in [4.78, 5) is 25.5. The number of hydrogen-bond acceptors (Lipinski definition) is 6. The monoisotopic (exact) mass is 314 g/mol. The van der Waals surface area contributed by atoms with Gasteiger partial charge in [-0.1, -0.05) is 11.3 Å². The SMILES string of the molecule is Cc1csc(=O)n1CCC(=O)OCCN1CCOC[C@H]1C. The lowest BCUT2D eigenvalue weighted by atomic mass is 10.2. The summed E-state index contributed by atoms with van der Waals surface area (Å²) in [5, 5.41) is 1.80. The van der Waals surface area contributed by atoms with E-state index in [0.29, 0.717) is 19.2 Å². The van der Waals surface area contributed by atoms with Gasteiger partial charge in [0.25, 0.3) is 0 Å². The molecule has 21 heavy (non-hydrogen) atoms. The summed E-state index contributed by atoms with van der Waals surface area (Å²) in [6, 6.07) is 0.365. The molecule has 7 heteroatoms. The van der Waals surface area contributed by atoms with Gasteiger partial charge in [0, 0.05) is 36.8 Å². The van der Waals surface area contributed by atoms with Crippen molar-refractivity contribution in [3.05, 3.63) is 20.7 Å². The first kappa shape index (κ1) is 16.2. The Kier molecular flexibility index (Phi) is 5.96. The molecular formula is C14H22N2O4S. The molecular weight excluding hydrogens is 292 g/mol. The van der Waals surface area contributed by atoms with E-state index in [1.54, 1.807) is 9.95 Å². The smallest absolute Gasteiger partial charge is 0.307 e. The van der Waals surface area contributed by atoms with Crippen LogP contribution in [0, 0.1) is 6.92 Å². The third-order valence-corrected chi connectivity index (χ3v) is 4.54. The predicted molar refractivity (Wildman–Crippen MR) is 80.7 cm³/mol. The number of morpholine rings is 1. The third kappa shape index (κ3) is 4.66. The maximum absolute atomic E-state index is 11.7. The number of aromatic nitrogens is 1. The highest BCUT2D eigenvalue weighted by Gasteiger charge is 2.18. The van der Waals surface area contributed by atoms with Crippen molar-refractivity contribution in [3.8, 4) is 0 Å². The van der Waals surface area contributed by atoms with E-state index in [1.165, 1.54) is 0 Å². The molecule has 2 rings (SSSR count). The van der Waals surface area contributed by atoms with Crippen molar-refractivity contribution >= 4 is 17.3 Å². The van der Waals surface area contributed by atoms with Gasteiger partial charge in [-0.2, -0.15) is 0 Å². The number of hydrogen-bond donors (Lipinski definition) is 0. The van der Waals surface area contributed by atoms with Gasteiger partial charge in [-0.05, 0) is 13.8 Å². The average molecular weight is 314 g/mol. The molecule has 0 saturated carbocycles. The molecule has 2 heterocycles. The average Bonchev–Trinajstić information content (AvgIpc) is 2.78. The lowest BCUT2D eigenvalue weighted by Gasteiger charge is -2.32. The molecule has 118 valence electrons. The molecule has 0 unspecified atom stereocenters. The number of thiazole rings is 1. The van der Waals surface area contributed by atoms with Gasteiger partial charge in [-0.15, -0.1) is 0 Å². The van der Waals surface area contributed by atoms with Crippen LogP contribution in [0.4, 0.5) is 0 Å². The Bertz CT molecular complexity index is 525. The first-order valence-corrected chi connectivity index (χ1v) is 8.08. The van der Waals surface area contributed by atoms with Crippen LogP contribution in [0.3, 0.4) is 0 Å². The lowest BCUT2D eigenvalue weighted by molar-refractivity contribution is -0.144. The second-order valence-corrected chi connectivity index (χ2v) is 6.05. The van der Waals surface area contributed by atoms with Crippen molar-refractivity contribution in [3.63, 3.8) is 0 Å². The minimum atomic E-state index is -0.256. The Morgan fingerprint density at radius 1 is 1.52 bits per heavy atom. The summed E-state index contributed by atoms with van der Waals surface area (Å²) in [7, 11) is 0. The Balaban J connectivity index is 1.67. The van der Waals surface area contributed by atoms with Crippen LogP contribution in [-0.2, 0) is 20.8 Å². The van der Waals surface area contributed by atoms with Crippen LogP contribution in [0.1, 0.15) is 19.0 Å². The molecule has 1 atom stereocenters. The third-order valence-electron chi connectivity index (χ3n) is 3.66. The van der Waals surface area contributed by atoms with Crippen LogP contribution < -0.4 is 4.87 Å². The van der Waals surface area contributed by atoms with Crippen LogP contribution in [-0.4, -0.2) is 54.4 Å². The van der Waals surface area contributed by atoms with E-state index in [2.05, 4.69) is 11.8 Å². The molecule has 6 nitrogen and oxygen atoms in total. The highest BCUT2D eigenvalue weighted by atomic mass is 32.1. The maximum atomic E-state index is 11.7. The first-order valence-electron chi connectivity index (χ1n) is 7.20. The standard InChI is InChI=1S/C14H22N2O4S/c1-11-9-19-7-5-15(11)6-8-20-13(17)3-4-16-12(2)10-21-14(16)18/h10-11H,3-9H2,1-2H3/t11-/m1/s1. The van der Waals surface area contributed by atoms with Crippen molar-refractivity contribution in [2.24, 2.45) is 0 Å². The molecule has 1 aliphatic rings. The molecule has 1 aliphatic heterocycles. The fourth-order valence-electron chi connectivity index (χ4n) is 2.32. The molecule has 0 aliphatic carbocycles. The molecule has 0 aromatic carbocycles. The van der Waals surface area contributed by atoms with Crippen LogP contribution in [0.2, 0.25) is 0 Å². The second-order valence-electron chi connectivity index (χ2n) is 5.23. The summed E-state index contributed by atoms with van der Waals surface area (Å²) in [6.45, 7) is 7.82. The van der Waals surface area contributed by atoms with E-state index in [9.17, 15) is 9.59 Å². The molecule has 1 aromatic rings. The van der Waals surface area contributed by atoms with Crippen molar-refractivity contribution in [1.82, 2.24) is 9.47 Å². The van der Waals surface area contributed by atoms with Crippen molar-refractivity contribution in [2.45, 2.75) is 32.9 Å². The lowest BCUT2D eigenvalue weighted by Crippen LogP contribution is -2.45. The highest BCUT2D eigenvalue weighted by molar-refractivity contribution is 7.07. The van der Waals surface area contributed by atoms with Gasteiger partial charge in [-0.25, -0.2) is 0 Å². The fourth-order valence-corrected chi connectivity index (χ4v) is 3.08. The van der Waals surface area contributed by atoms with Gasteiger partial charge in [0.2, 0.25) is 0 Å². The zero-order valence-electron chi connectivity index (χ0n) is 12.5. The largest absolute Gasteiger partial charge is 0.464 e. The van der Waals surface area contributed by atoms with E-state index >= 15 is 0 Å². The number of carbonyl (C=O) groups is 1. The molecule has 1 saturated heterocycles. The molecule has 1 fully saturated rings. The van der Waals surface area contributed by atoms with Crippen molar-refractivity contribution < 1.29 is 14.3 Å². The number of carbonyl (C=O) groups excluding carboxylic acids is 1. The highest BCUT2D eigenvalue weighted by Crippen LogP contribution is 2.06. The summed E-state index contributed by atoms with van der Waals surface area (Å²) >= 11 is 1.16. The number of aryl methyl sites for hydroxylation is 1. The molecule has 0 N–H and O–H groups in total. The number of ether oxygens (including phenoxy) is 2. The van der Waals surface area contributed by atoms with Gasteiger partial charge in [0.05, 0.1) is 19.6 Å². The minimum absolute atomic E-state index is 0.0255. The quantitative estimate of drug-likeness (QED) is 0.729. The second kappa shape index (κ2) is 7.72. The molecule has 0 spiro atoms. The number of nitrogens with zero attached hydrogens (tertiary/aromatic N) is 2. The molecule has 0 radical (unpaired) electrons. The van der Waals surface area contributed by atoms with Gasteiger partial charge < -0.3 is 14.0 Å². The minimum Gasteiger partial charge on any atom is -0.464 e. The topological polar surface area (TPSA) is 60.8 Å². The normalized spacial score (nSPS) is 19.6. The molecule has 1 aromatic heterocycles. The van der Waals surface area contributed by atoms with Crippen LogP contribution in [0.15, 0.2) is 10.2 Å². The van der Waals surface area contributed by atoms with Crippen LogP contribution >= 0.6 is 11.3 Å². The Morgan fingerprint density at radius 2 is 2.33 bits per heavy atom. The fraction of sp³-hybridized carbons (Fsp3) is 0.714. The Labute approximate surface area is 128 Å². The number of rotatable bonds is 6.